The van der Waals surface area contributed by atoms with Gasteiger partial charge in [-0.1, -0.05) is 11.6 Å². The van der Waals surface area contributed by atoms with Crippen LogP contribution in [0.2, 0.25) is 5.02 Å². The zero-order chi connectivity index (χ0) is 22.6. The summed E-state index contributed by atoms with van der Waals surface area (Å²) in [6.45, 7) is 3.27. The van der Waals surface area contributed by atoms with Crippen molar-refractivity contribution < 1.29 is 13.6 Å². The monoisotopic (exact) mass is 456 g/mol. The molecule has 5 nitrogen and oxygen atoms in total. The Labute approximate surface area is 190 Å². The van der Waals surface area contributed by atoms with E-state index >= 15 is 0 Å². The molecule has 2 aliphatic heterocycles. The number of carbonyl (C=O) groups excluding carboxylic acids is 1. The molecule has 2 aromatic carbocycles. The first-order valence-electron chi connectivity index (χ1n) is 10.6. The van der Waals surface area contributed by atoms with E-state index in [9.17, 15) is 13.6 Å². The number of aromatic nitrogens is 2. The van der Waals surface area contributed by atoms with Crippen molar-refractivity contribution in [3.05, 3.63) is 63.9 Å². The van der Waals surface area contributed by atoms with Gasteiger partial charge in [-0.15, -0.1) is 0 Å². The second kappa shape index (κ2) is 7.89. The molecule has 32 heavy (non-hydrogen) atoms. The second-order valence-electron chi connectivity index (χ2n) is 8.46. The van der Waals surface area contributed by atoms with Crippen LogP contribution in [0.15, 0.2) is 36.7 Å². The van der Waals surface area contributed by atoms with Gasteiger partial charge in [-0.3, -0.25) is 9.48 Å². The Morgan fingerprint density at radius 1 is 1.12 bits per heavy atom. The van der Waals surface area contributed by atoms with Crippen molar-refractivity contribution in [3.8, 4) is 11.1 Å². The number of nitrogens with zero attached hydrogens (tertiary/aromatic N) is 4. The maximum atomic E-state index is 14.1. The van der Waals surface area contributed by atoms with Crippen LogP contribution < -0.4 is 4.90 Å². The van der Waals surface area contributed by atoms with E-state index in [1.165, 1.54) is 0 Å². The van der Waals surface area contributed by atoms with E-state index in [0.29, 0.717) is 35.8 Å². The molecule has 8 heteroatoms. The molecule has 1 aromatic heterocycles. The lowest BCUT2D eigenvalue weighted by Crippen LogP contribution is -2.26. The zero-order valence-electron chi connectivity index (χ0n) is 17.9. The Kier molecular flexibility index (Phi) is 5.16. The van der Waals surface area contributed by atoms with Gasteiger partial charge in [-0.2, -0.15) is 5.10 Å². The van der Waals surface area contributed by atoms with Crippen molar-refractivity contribution in [2.45, 2.75) is 39.3 Å². The van der Waals surface area contributed by atoms with Crippen molar-refractivity contribution in [2.75, 3.05) is 11.4 Å². The maximum absolute atomic E-state index is 14.1. The fourth-order valence-electron chi connectivity index (χ4n) is 4.81. The van der Waals surface area contributed by atoms with Gasteiger partial charge in [-0.05, 0) is 53.8 Å². The number of alkyl halides is 2. The third-order valence-corrected chi connectivity index (χ3v) is 6.57. The molecule has 3 aromatic rings. The van der Waals surface area contributed by atoms with Crippen molar-refractivity contribution in [3.63, 3.8) is 0 Å². The molecule has 0 bridgehead atoms. The number of hydrogen-bond donors (Lipinski definition) is 0. The number of hydrogen-bond acceptors (Lipinski definition) is 3. The minimum Gasteiger partial charge on any atom is -0.341 e. The summed E-state index contributed by atoms with van der Waals surface area (Å²) in [6, 6.07) is 7.28. The number of rotatable bonds is 3. The third kappa shape index (κ3) is 3.54. The SMILES string of the molecule is CC(=O)N1Cc2cc(Cl)cc(N3CCCc4cc(-c5cnn(C)c5)c(C(F)F)cc43)c2C1. The van der Waals surface area contributed by atoms with Crippen LogP contribution in [0.1, 0.15) is 42.0 Å². The van der Waals surface area contributed by atoms with E-state index in [-0.39, 0.29) is 11.5 Å². The Morgan fingerprint density at radius 2 is 1.94 bits per heavy atom. The zero-order valence-corrected chi connectivity index (χ0v) is 18.7. The average Bonchev–Trinajstić information content (AvgIpc) is 3.38. The number of anilines is 2. The summed E-state index contributed by atoms with van der Waals surface area (Å²) in [7, 11) is 1.77. The summed E-state index contributed by atoms with van der Waals surface area (Å²) < 4.78 is 29.9. The molecule has 0 N–H and O–H groups in total. The fraction of sp³-hybridized carbons (Fsp3) is 0.333. The largest absolute Gasteiger partial charge is 0.341 e. The lowest BCUT2D eigenvalue weighted by Gasteiger charge is -2.34. The van der Waals surface area contributed by atoms with Crippen LogP contribution in [-0.4, -0.2) is 27.1 Å². The van der Waals surface area contributed by atoms with Gasteiger partial charge in [0.1, 0.15) is 0 Å². The fourth-order valence-corrected chi connectivity index (χ4v) is 5.04. The van der Waals surface area contributed by atoms with Gasteiger partial charge in [-0.25, -0.2) is 8.78 Å². The molecule has 5 rings (SSSR count). The number of amides is 1. The van der Waals surface area contributed by atoms with Crippen molar-refractivity contribution >= 4 is 28.9 Å². The first-order valence-corrected chi connectivity index (χ1v) is 11.0. The van der Waals surface area contributed by atoms with Crippen LogP contribution in [0.3, 0.4) is 0 Å². The first-order chi connectivity index (χ1) is 15.3. The molecule has 0 unspecified atom stereocenters. The smallest absolute Gasteiger partial charge is 0.264 e. The average molecular weight is 457 g/mol. The minimum absolute atomic E-state index is 0.00316. The summed E-state index contributed by atoms with van der Waals surface area (Å²) in [4.78, 5) is 15.8. The topological polar surface area (TPSA) is 41.4 Å². The van der Waals surface area contributed by atoms with Crippen LogP contribution in [0.25, 0.3) is 11.1 Å². The van der Waals surface area contributed by atoms with E-state index in [0.717, 1.165) is 40.9 Å². The molecule has 166 valence electrons. The summed E-state index contributed by atoms with van der Waals surface area (Å²) in [6.07, 6.45) is 2.47. The van der Waals surface area contributed by atoms with Crippen LogP contribution in [0.5, 0.6) is 0 Å². The van der Waals surface area contributed by atoms with Crippen LogP contribution >= 0.6 is 11.6 Å². The number of benzene rings is 2. The third-order valence-electron chi connectivity index (χ3n) is 6.35. The van der Waals surface area contributed by atoms with Crippen molar-refractivity contribution in [1.29, 1.82) is 0 Å². The normalized spacial score (nSPS) is 15.3. The quantitative estimate of drug-likeness (QED) is 0.513. The molecule has 0 spiro atoms. The lowest BCUT2D eigenvalue weighted by atomic mass is 9.92. The maximum Gasteiger partial charge on any atom is 0.264 e. The number of halogens is 3. The molecule has 0 atom stereocenters. The van der Waals surface area contributed by atoms with E-state index in [1.54, 1.807) is 42.0 Å². The molecule has 0 radical (unpaired) electrons. The van der Waals surface area contributed by atoms with E-state index in [2.05, 4.69) is 10.00 Å². The van der Waals surface area contributed by atoms with Gasteiger partial charge < -0.3 is 9.80 Å². The predicted molar refractivity (Wildman–Crippen MR) is 120 cm³/mol. The second-order valence-corrected chi connectivity index (χ2v) is 8.90. The number of fused-ring (bicyclic) bond motifs is 2. The van der Waals surface area contributed by atoms with Gasteiger partial charge in [0.25, 0.3) is 6.43 Å². The Bertz CT molecular complexity index is 1220. The van der Waals surface area contributed by atoms with Gasteiger partial charge >= 0.3 is 0 Å². The van der Waals surface area contributed by atoms with Gasteiger partial charge in [0.05, 0.1) is 6.20 Å². The molecule has 2 aliphatic rings. The molecule has 3 heterocycles. The van der Waals surface area contributed by atoms with E-state index < -0.39 is 6.43 Å². The van der Waals surface area contributed by atoms with Gasteiger partial charge in [0, 0.05) is 72.9 Å². The van der Waals surface area contributed by atoms with Gasteiger partial charge in [0.15, 0.2) is 0 Å². The highest BCUT2D eigenvalue weighted by molar-refractivity contribution is 6.31. The summed E-state index contributed by atoms with van der Waals surface area (Å²) >= 11 is 6.43. The molecule has 0 saturated heterocycles. The minimum atomic E-state index is -2.61. The van der Waals surface area contributed by atoms with Crippen LogP contribution in [0, 0.1) is 0 Å². The molecule has 0 fully saturated rings. The van der Waals surface area contributed by atoms with E-state index in [4.69, 9.17) is 11.6 Å². The number of aryl methyl sites for hydroxylation is 2. The predicted octanol–water partition coefficient (Wildman–Crippen LogP) is 5.62. The van der Waals surface area contributed by atoms with Crippen LogP contribution in [-0.2, 0) is 31.4 Å². The molecular formula is C24H23ClF2N4O. The summed E-state index contributed by atoms with van der Waals surface area (Å²) in [5.74, 6) is 0.00316. The Balaban J connectivity index is 1.64. The summed E-state index contributed by atoms with van der Waals surface area (Å²) in [5.41, 5.74) is 5.94. The lowest BCUT2D eigenvalue weighted by molar-refractivity contribution is -0.129. The highest BCUT2D eigenvalue weighted by atomic mass is 35.5. The molecule has 0 saturated carbocycles. The van der Waals surface area contributed by atoms with E-state index in [1.807, 2.05) is 18.2 Å². The Morgan fingerprint density at radius 3 is 2.62 bits per heavy atom. The molecule has 1 amide bonds. The number of carbonyl (C=O) groups is 1. The highest BCUT2D eigenvalue weighted by Gasteiger charge is 2.30. The standard InChI is InChI=1S/C24H23ClF2N4O/c1-14(32)30-12-16-6-18(25)8-23(21(16)13-30)31-5-3-4-15-7-19(17-10-28-29(2)11-17)20(24(26)27)9-22(15)31/h6-11,24H,3-5,12-13H2,1-2H3. The Hall–Kier alpha value is -2.93. The highest BCUT2D eigenvalue weighted by Crippen LogP contribution is 2.44. The summed E-state index contributed by atoms with van der Waals surface area (Å²) in [5, 5.41) is 4.73. The van der Waals surface area contributed by atoms with Crippen molar-refractivity contribution in [2.24, 2.45) is 7.05 Å². The van der Waals surface area contributed by atoms with Gasteiger partial charge in [0.2, 0.25) is 5.91 Å². The molecular weight excluding hydrogens is 434 g/mol. The van der Waals surface area contributed by atoms with Crippen molar-refractivity contribution in [1.82, 2.24) is 14.7 Å². The molecule has 0 aliphatic carbocycles. The van der Waals surface area contributed by atoms with Crippen LogP contribution in [0.4, 0.5) is 20.2 Å². The first kappa shape index (κ1) is 20.9.